The quantitative estimate of drug-likeness (QED) is 0.706. The molecule has 3 aliphatic rings. The van der Waals surface area contributed by atoms with Crippen molar-refractivity contribution in [3.8, 4) is 0 Å². The van der Waals surface area contributed by atoms with Crippen molar-refractivity contribution in [2.75, 3.05) is 6.54 Å². The van der Waals surface area contributed by atoms with Crippen LogP contribution < -0.4 is 5.32 Å². The second kappa shape index (κ2) is 5.94. The summed E-state index contributed by atoms with van der Waals surface area (Å²) in [6, 6.07) is 0.847. The van der Waals surface area contributed by atoms with Gasteiger partial charge < -0.3 is 5.32 Å². The average molecular weight is 249 g/mol. The normalized spacial score (nSPS) is 36.8. The lowest BCUT2D eigenvalue weighted by Gasteiger charge is -2.33. The second-order valence-corrected chi connectivity index (χ2v) is 7.35. The van der Waals surface area contributed by atoms with Gasteiger partial charge in [0.05, 0.1) is 0 Å². The molecular formula is C17H31N. The molecule has 0 saturated heterocycles. The van der Waals surface area contributed by atoms with E-state index in [0.717, 1.165) is 29.7 Å². The zero-order chi connectivity index (χ0) is 12.4. The fourth-order valence-corrected chi connectivity index (χ4v) is 4.77. The first-order chi connectivity index (χ1) is 8.85. The van der Waals surface area contributed by atoms with Crippen LogP contribution in [0.2, 0.25) is 0 Å². The molecule has 3 saturated carbocycles. The van der Waals surface area contributed by atoms with Gasteiger partial charge in [-0.3, -0.25) is 0 Å². The van der Waals surface area contributed by atoms with E-state index in [2.05, 4.69) is 12.2 Å². The molecule has 1 nitrogen and oxygen atoms in total. The van der Waals surface area contributed by atoms with E-state index < -0.39 is 0 Å². The molecule has 2 bridgehead atoms. The van der Waals surface area contributed by atoms with Crippen LogP contribution in [-0.4, -0.2) is 12.6 Å². The van der Waals surface area contributed by atoms with E-state index in [-0.39, 0.29) is 0 Å². The summed E-state index contributed by atoms with van der Waals surface area (Å²) in [5, 5.41) is 3.85. The molecule has 0 aromatic carbocycles. The minimum absolute atomic E-state index is 0.847. The third kappa shape index (κ3) is 2.92. The van der Waals surface area contributed by atoms with Crippen molar-refractivity contribution < 1.29 is 0 Å². The molecule has 3 rings (SSSR count). The van der Waals surface area contributed by atoms with Crippen LogP contribution in [0.25, 0.3) is 0 Å². The Morgan fingerprint density at radius 1 is 1.06 bits per heavy atom. The van der Waals surface area contributed by atoms with Crippen LogP contribution in [0.3, 0.4) is 0 Å². The van der Waals surface area contributed by atoms with E-state index in [9.17, 15) is 0 Å². The molecular weight excluding hydrogens is 218 g/mol. The summed E-state index contributed by atoms with van der Waals surface area (Å²) < 4.78 is 0. The highest BCUT2D eigenvalue weighted by Gasteiger charge is 2.40. The van der Waals surface area contributed by atoms with Gasteiger partial charge in [0.15, 0.2) is 0 Å². The molecule has 0 heterocycles. The average Bonchev–Trinajstić information content (AvgIpc) is 2.92. The van der Waals surface area contributed by atoms with Gasteiger partial charge in [0.25, 0.3) is 0 Å². The van der Waals surface area contributed by atoms with Gasteiger partial charge >= 0.3 is 0 Å². The highest BCUT2D eigenvalue weighted by atomic mass is 14.9. The van der Waals surface area contributed by atoms with Crippen LogP contribution >= 0.6 is 0 Å². The number of rotatable bonds is 7. The Morgan fingerprint density at radius 2 is 1.94 bits per heavy atom. The van der Waals surface area contributed by atoms with Crippen molar-refractivity contribution in [3.63, 3.8) is 0 Å². The maximum Gasteiger partial charge on any atom is 0.00724 e. The Kier molecular flexibility index (Phi) is 4.28. The largest absolute Gasteiger partial charge is 0.314 e. The number of hydrogen-bond acceptors (Lipinski definition) is 1. The van der Waals surface area contributed by atoms with Crippen LogP contribution in [0.1, 0.15) is 71.1 Å². The number of nitrogens with one attached hydrogen (secondary N) is 1. The van der Waals surface area contributed by atoms with Crippen LogP contribution in [0, 0.1) is 23.7 Å². The first-order valence-corrected chi connectivity index (χ1v) is 8.58. The summed E-state index contributed by atoms with van der Waals surface area (Å²) in [7, 11) is 0. The summed E-state index contributed by atoms with van der Waals surface area (Å²) in [6.45, 7) is 3.53. The molecule has 4 atom stereocenters. The Bertz CT molecular complexity index is 258. The predicted molar refractivity (Wildman–Crippen MR) is 77.6 cm³/mol. The number of hydrogen-bond donors (Lipinski definition) is 1. The SMILES string of the molecule is CCCNC(CC1CCC1)CC1CC2CCC1C2. The van der Waals surface area contributed by atoms with Crippen LogP contribution in [0.15, 0.2) is 0 Å². The van der Waals surface area contributed by atoms with E-state index in [1.54, 1.807) is 25.7 Å². The van der Waals surface area contributed by atoms with Gasteiger partial charge in [-0.2, -0.15) is 0 Å². The zero-order valence-electron chi connectivity index (χ0n) is 12.2. The van der Waals surface area contributed by atoms with E-state index in [4.69, 9.17) is 0 Å². The van der Waals surface area contributed by atoms with Crippen LogP contribution in [0.4, 0.5) is 0 Å². The topological polar surface area (TPSA) is 12.0 Å². The van der Waals surface area contributed by atoms with Gasteiger partial charge in [-0.1, -0.05) is 32.6 Å². The minimum Gasteiger partial charge on any atom is -0.314 e. The summed E-state index contributed by atoms with van der Waals surface area (Å²) in [4.78, 5) is 0. The molecule has 0 aromatic heterocycles. The summed E-state index contributed by atoms with van der Waals surface area (Å²) in [5.74, 6) is 4.38. The Morgan fingerprint density at radius 3 is 2.50 bits per heavy atom. The fourth-order valence-electron chi connectivity index (χ4n) is 4.77. The number of fused-ring (bicyclic) bond motifs is 2. The lowest BCUT2D eigenvalue weighted by molar-refractivity contribution is 0.216. The maximum absolute atomic E-state index is 3.85. The molecule has 18 heavy (non-hydrogen) atoms. The van der Waals surface area contributed by atoms with E-state index in [1.165, 1.54) is 45.1 Å². The Hall–Kier alpha value is -0.0400. The summed E-state index contributed by atoms with van der Waals surface area (Å²) in [6.07, 6.45) is 15.1. The first-order valence-electron chi connectivity index (χ1n) is 8.58. The maximum atomic E-state index is 3.85. The highest BCUT2D eigenvalue weighted by Crippen LogP contribution is 2.50. The molecule has 3 fully saturated rings. The molecule has 0 aliphatic heterocycles. The zero-order valence-corrected chi connectivity index (χ0v) is 12.2. The Labute approximate surface area is 113 Å². The first kappa shape index (κ1) is 13.0. The molecule has 1 N–H and O–H groups in total. The van der Waals surface area contributed by atoms with Crippen molar-refractivity contribution in [1.29, 1.82) is 0 Å². The molecule has 1 heteroatoms. The smallest absolute Gasteiger partial charge is 0.00724 e. The molecule has 4 unspecified atom stereocenters. The van der Waals surface area contributed by atoms with Crippen molar-refractivity contribution in [2.24, 2.45) is 23.7 Å². The van der Waals surface area contributed by atoms with E-state index in [1.807, 2.05) is 0 Å². The third-order valence-corrected chi connectivity index (χ3v) is 6.00. The lowest BCUT2D eigenvalue weighted by Crippen LogP contribution is -2.36. The lowest BCUT2D eigenvalue weighted by atomic mass is 9.77. The van der Waals surface area contributed by atoms with Gasteiger partial charge in [0.1, 0.15) is 0 Å². The molecule has 104 valence electrons. The third-order valence-electron chi connectivity index (χ3n) is 6.00. The fraction of sp³-hybridized carbons (Fsp3) is 1.00. The summed E-state index contributed by atoms with van der Waals surface area (Å²) >= 11 is 0. The van der Waals surface area contributed by atoms with Crippen LogP contribution in [0.5, 0.6) is 0 Å². The van der Waals surface area contributed by atoms with E-state index >= 15 is 0 Å². The predicted octanol–water partition coefficient (Wildman–Crippen LogP) is 4.37. The molecule has 0 amide bonds. The molecule has 0 aromatic rings. The molecule has 0 spiro atoms. The van der Waals surface area contributed by atoms with Gasteiger partial charge in [-0.15, -0.1) is 0 Å². The van der Waals surface area contributed by atoms with E-state index in [0.29, 0.717) is 0 Å². The monoisotopic (exact) mass is 249 g/mol. The Balaban J connectivity index is 1.48. The van der Waals surface area contributed by atoms with Crippen molar-refractivity contribution in [3.05, 3.63) is 0 Å². The van der Waals surface area contributed by atoms with Gasteiger partial charge in [0.2, 0.25) is 0 Å². The van der Waals surface area contributed by atoms with Gasteiger partial charge in [0, 0.05) is 6.04 Å². The highest BCUT2D eigenvalue weighted by molar-refractivity contribution is 4.92. The van der Waals surface area contributed by atoms with Gasteiger partial charge in [-0.05, 0) is 68.7 Å². The van der Waals surface area contributed by atoms with Gasteiger partial charge in [-0.25, -0.2) is 0 Å². The minimum atomic E-state index is 0.847. The van der Waals surface area contributed by atoms with Crippen molar-refractivity contribution in [1.82, 2.24) is 5.32 Å². The van der Waals surface area contributed by atoms with Crippen molar-refractivity contribution >= 4 is 0 Å². The summed E-state index contributed by atoms with van der Waals surface area (Å²) in [5.41, 5.74) is 0. The molecule has 3 aliphatic carbocycles. The van der Waals surface area contributed by atoms with Crippen LogP contribution in [-0.2, 0) is 0 Å². The standard InChI is InChI=1S/C17H31N/c1-2-8-18-17(11-13-4-3-5-13)12-16-10-14-6-7-15(16)9-14/h13-18H,2-12H2,1H3. The van der Waals surface area contributed by atoms with Crippen molar-refractivity contribution in [2.45, 2.75) is 77.2 Å². The molecule has 0 radical (unpaired) electrons. The second-order valence-electron chi connectivity index (χ2n) is 7.35.